The SMILES string of the molecule is CCC(C)[C@@H](N)c1ccccc1OC(F)F.Cl. The normalized spacial score (nSPS) is 14.0. The van der Waals surface area contributed by atoms with E-state index in [0.29, 0.717) is 5.56 Å². The van der Waals surface area contributed by atoms with E-state index in [2.05, 4.69) is 4.74 Å². The fraction of sp³-hybridized carbons (Fsp3) is 0.500. The van der Waals surface area contributed by atoms with Crippen LogP contribution in [0, 0.1) is 5.92 Å². The standard InChI is InChI=1S/C12H17F2NO.ClH/c1-3-8(2)11(15)9-6-4-5-7-10(9)16-12(13)14;/h4-8,11-12H,3,15H2,1-2H3;1H/t8?,11-;/m1./s1. The first-order valence-electron chi connectivity index (χ1n) is 5.35. The Labute approximate surface area is 107 Å². The van der Waals surface area contributed by atoms with Crippen LogP contribution in [0.2, 0.25) is 0 Å². The minimum Gasteiger partial charge on any atom is -0.434 e. The minimum atomic E-state index is -2.81. The van der Waals surface area contributed by atoms with Gasteiger partial charge in [0.25, 0.3) is 0 Å². The molecule has 0 saturated heterocycles. The largest absolute Gasteiger partial charge is 0.434 e. The molecular weight excluding hydrogens is 248 g/mol. The fourth-order valence-electron chi connectivity index (χ4n) is 1.52. The lowest BCUT2D eigenvalue weighted by molar-refractivity contribution is -0.0507. The molecule has 0 bridgehead atoms. The molecule has 0 aliphatic heterocycles. The molecule has 1 aromatic rings. The number of rotatable bonds is 5. The first kappa shape index (κ1) is 16.1. The Kier molecular flexibility index (Phi) is 7.07. The molecule has 0 saturated carbocycles. The van der Waals surface area contributed by atoms with Gasteiger partial charge in [0.15, 0.2) is 0 Å². The van der Waals surface area contributed by atoms with Gasteiger partial charge in [0.1, 0.15) is 5.75 Å². The molecule has 0 heterocycles. The van der Waals surface area contributed by atoms with E-state index in [9.17, 15) is 8.78 Å². The zero-order valence-electron chi connectivity index (χ0n) is 9.90. The van der Waals surface area contributed by atoms with Crippen molar-refractivity contribution >= 4 is 12.4 Å². The van der Waals surface area contributed by atoms with Crippen LogP contribution in [0.25, 0.3) is 0 Å². The summed E-state index contributed by atoms with van der Waals surface area (Å²) < 4.78 is 28.8. The second-order valence-electron chi connectivity index (χ2n) is 3.83. The van der Waals surface area contributed by atoms with Crippen LogP contribution in [0.15, 0.2) is 24.3 Å². The van der Waals surface area contributed by atoms with Gasteiger partial charge in [-0.25, -0.2) is 0 Å². The monoisotopic (exact) mass is 265 g/mol. The van der Waals surface area contributed by atoms with Gasteiger partial charge in [-0.2, -0.15) is 8.78 Å². The van der Waals surface area contributed by atoms with Gasteiger partial charge in [-0.1, -0.05) is 38.5 Å². The van der Waals surface area contributed by atoms with Gasteiger partial charge in [0.2, 0.25) is 0 Å². The molecule has 1 unspecified atom stereocenters. The topological polar surface area (TPSA) is 35.2 Å². The van der Waals surface area contributed by atoms with E-state index in [1.54, 1.807) is 18.2 Å². The number of nitrogens with two attached hydrogens (primary N) is 1. The molecule has 0 spiro atoms. The van der Waals surface area contributed by atoms with E-state index in [1.807, 2.05) is 13.8 Å². The molecule has 0 radical (unpaired) electrons. The summed E-state index contributed by atoms with van der Waals surface area (Å²) in [4.78, 5) is 0. The summed E-state index contributed by atoms with van der Waals surface area (Å²) in [5.74, 6) is 0.396. The summed E-state index contributed by atoms with van der Waals surface area (Å²) in [7, 11) is 0. The van der Waals surface area contributed by atoms with Crippen LogP contribution in [-0.4, -0.2) is 6.61 Å². The lowest BCUT2D eigenvalue weighted by Gasteiger charge is -2.21. The van der Waals surface area contributed by atoms with Crippen LogP contribution in [0.3, 0.4) is 0 Å². The molecule has 0 fully saturated rings. The highest BCUT2D eigenvalue weighted by Crippen LogP contribution is 2.30. The molecule has 1 aromatic carbocycles. The number of hydrogen-bond donors (Lipinski definition) is 1. The highest BCUT2D eigenvalue weighted by Gasteiger charge is 2.18. The third-order valence-electron chi connectivity index (χ3n) is 2.75. The van der Waals surface area contributed by atoms with Crippen LogP contribution in [0.5, 0.6) is 5.75 Å². The predicted molar refractivity (Wildman–Crippen MR) is 66.7 cm³/mol. The predicted octanol–water partition coefficient (Wildman–Crippen LogP) is 3.76. The summed E-state index contributed by atoms with van der Waals surface area (Å²) in [6, 6.07) is 6.40. The Balaban J connectivity index is 0.00000256. The Morgan fingerprint density at radius 1 is 1.29 bits per heavy atom. The van der Waals surface area contributed by atoms with Crippen molar-refractivity contribution in [1.29, 1.82) is 0 Å². The average molecular weight is 266 g/mol. The van der Waals surface area contributed by atoms with E-state index in [-0.39, 0.29) is 30.1 Å². The van der Waals surface area contributed by atoms with Crippen molar-refractivity contribution < 1.29 is 13.5 Å². The Morgan fingerprint density at radius 3 is 2.41 bits per heavy atom. The van der Waals surface area contributed by atoms with Crippen molar-refractivity contribution in [3.05, 3.63) is 29.8 Å². The lowest BCUT2D eigenvalue weighted by Crippen LogP contribution is -2.20. The van der Waals surface area contributed by atoms with Crippen molar-refractivity contribution in [3.63, 3.8) is 0 Å². The van der Waals surface area contributed by atoms with Crippen LogP contribution in [-0.2, 0) is 0 Å². The molecule has 2 atom stereocenters. The van der Waals surface area contributed by atoms with Gasteiger partial charge in [-0.3, -0.25) is 0 Å². The maximum Gasteiger partial charge on any atom is 0.387 e. The summed E-state index contributed by atoms with van der Waals surface area (Å²) >= 11 is 0. The molecule has 0 aliphatic rings. The van der Waals surface area contributed by atoms with Crippen molar-refractivity contribution in [2.24, 2.45) is 11.7 Å². The van der Waals surface area contributed by atoms with Crippen molar-refractivity contribution in [1.82, 2.24) is 0 Å². The number of benzene rings is 1. The molecule has 0 aliphatic carbocycles. The summed E-state index contributed by atoms with van der Waals surface area (Å²) in [6.07, 6.45) is 0.893. The first-order valence-corrected chi connectivity index (χ1v) is 5.35. The van der Waals surface area contributed by atoms with Gasteiger partial charge in [-0.05, 0) is 12.0 Å². The van der Waals surface area contributed by atoms with Gasteiger partial charge in [0.05, 0.1) is 0 Å². The molecule has 2 nitrogen and oxygen atoms in total. The lowest BCUT2D eigenvalue weighted by atomic mass is 9.93. The zero-order chi connectivity index (χ0) is 12.1. The quantitative estimate of drug-likeness (QED) is 0.880. The summed E-state index contributed by atoms with van der Waals surface area (Å²) in [5.41, 5.74) is 6.64. The number of halogens is 3. The van der Waals surface area contributed by atoms with Crippen LogP contribution in [0.4, 0.5) is 8.78 Å². The molecular formula is C12H18ClF2NO. The van der Waals surface area contributed by atoms with Crippen LogP contribution < -0.4 is 10.5 Å². The van der Waals surface area contributed by atoms with Crippen molar-refractivity contribution in [3.8, 4) is 5.75 Å². The number of alkyl halides is 2. The maximum atomic E-state index is 12.2. The Morgan fingerprint density at radius 2 is 1.88 bits per heavy atom. The Hall–Kier alpha value is -0.870. The van der Waals surface area contributed by atoms with Gasteiger partial charge < -0.3 is 10.5 Å². The second kappa shape index (κ2) is 7.45. The second-order valence-corrected chi connectivity index (χ2v) is 3.83. The number of para-hydroxylation sites is 1. The summed E-state index contributed by atoms with van der Waals surface area (Å²) in [5, 5.41) is 0. The molecule has 98 valence electrons. The number of hydrogen-bond acceptors (Lipinski definition) is 2. The first-order chi connectivity index (χ1) is 7.56. The maximum absolute atomic E-state index is 12.2. The van der Waals surface area contributed by atoms with Crippen LogP contribution >= 0.6 is 12.4 Å². The van der Waals surface area contributed by atoms with Crippen molar-refractivity contribution in [2.75, 3.05) is 0 Å². The summed E-state index contributed by atoms with van der Waals surface area (Å²) in [6.45, 7) is 1.19. The highest BCUT2D eigenvalue weighted by molar-refractivity contribution is 5.85. The van der Waals surface area contributed by atoms with E-state index in [0.717, 1.165) is 6.42 Å². The van der Waals surface area contributed by atoms with E-state index in [4.69, 9.17) is 5.73 Å². The molecule has 0 amide bonds. The Bertz CT molecular complexity index is 336. The van der Waals surface area contributed by atoms with Crippen molar-refractivity contribution in [2.45, 2.75) is 32.9 Å². The fourth-order valence-corrected chi connectivity index (χ4v) is 1.52. The average Bonchev–Trinajstić information content (AvgIpc) is 2.27. The molecule has 17 heavy (non-hydrogen) atoms. The third kappa shape index (κ3) is 4.48. The molecule has 1 rings (SSSR count). The minimum absolute atomic E-state index is 0. The molecule has 2 N–H and O–H groups in total. The van der Waals surface area contributed by atoms with Gasteiger partial charge >= 0.3 is 6.61 Å². The van der Waals surface area contributed by atoms with E-state index >= 15 is 0 Å². The highest BCUT2D eigenvalue weighted by atomic mass is 35.5. The number of ether oxygens (including phenoxy) is 1. The van der Waals surface area contributed by atoms with Gasteiger partial charge in [0, 0.05) is 11.6 Å². The van der Waals surface area contributed by atoms with E-state index in [1.165, 1.54) is 6.07 Å². The zero-order valence-corrected chi connectivity index (χ0v) is 10.7. The molecule has 5 heteroatoms. The van der Waals surface area contributed by atoms with E-state index < -0.39 is 6.61 Å². The van der Waals surface area contributed by atoms with Gasteiger partial charge in [-0.15, -0.1) is 12.4 Å². The smallest absolute Gasteiger partial charge is 0.387 e. The van der Waals surface area contributed by atoms with Crippen LogP contribution in [0.1, 0.15) is 31.9 Å². The molecule has 0 aromatic heterocycles. The third-order valence-corrected chi connectivity index (χ3v) is 2.75.